The molecule has 100 valence electrons. The van der Waals surface area contributed by atoms with E-state index in [1.165, 1.54) is 12.7 Å². The molecule has 0 amide bonds. The molecule has 1 fully saturated rings. The van der Waals surface area contributed by atoms with E-state index in [-0.39, 0.29) is 12.4 Å². The quantitative estimate of drug-likeness (QED) is 0.736. The molecule has 1 saturated heterocycles. The van der Waals surface area contributed by atoms with Crippen molar-refractivity contribution in [3.63, 3.8) is 0 Å². The van der Waals surface area contributed by atoms with Gasteiger partial charge in [-0.3, -0.25) is 4.57 Å². The van der Waals surface area contributed by atoms with Crippen LogP contribution in [0.25, 0.3) is 11.2 Å². The Morgan fingerprint density at radius 3 is 3.16 bits per heavy atom. The maximum Gasteiger partial charge on any atom is 0.167 e. The molecule has 3 N–H and O–H groups in total. The van der Waals surface area contributed by atoms with Crippen molar-refractivity contribution in [2.75, 3.05) is 12.3 Å². The maximum absolute atomic E-state index is 10.2. The molecule has 0 aliphatic carbocycles. The lowest BCUT2D eigenvalue weighted by Crippen LogP contribution is -2.19. The molecule has 3 rings (SSSR count). The highest BCUT2D eigenvalue weighted by molar-refractivity contribution is 5.81. The number of ether oxygens (including phenoxy) is 1. The molecule has 3 unspecified atom stereocenters. The SMILES string of the molecule is Nc1ncnc2c1ncn2C1OC(CN=O)CC1O. The van der Waals surface area contributed by atoms with E-state index in [1.54, 1.807) is 4.57 Å². The van der Waals surface area contributed by atoms with E-state index >= 15 is 0 Å². The number of aromatic nitrogens is 4. The van der Waals surface area contributed by atoms with Crippen LogP contribution in [0.15, 0.2) is 17.8 Å². The van der Waals surface area contributed by atoms with Crippen molar-refractivity contribution in [1.29, 1.82) is 0 Å². The van der Waals surface area contributed by atoms with Gasteiger partial charge >= 0.3 is 0 Å². The van der Waals surface area contributed by atoms with Gasteiger partial charge in [-0.15, -0.1) is 0 Å². The van der Waals surface area contributed by atoms with Crippen LogP contribution in [0.5, 0.6) is 0 Å². The number of nitrogens with two attached hydrogens (primary N) is 1. The Bertz CT molecular complexity index is 614. The van der Waals surface area contributed by atoms with Gasteiger partial charge in [0.05, 0.1) is 12.4 Å². The second kappa shape index (κ2) is 4.52. The third kappa shape index (κ3) is 1.92. The third-order valence-corrected chi connectivity index (χ3v) is 3.10. The number of nitrogens with zero attached hydrogens (tertiary/aromatic N) is 5. The highest BCUT2D eigenvalue weighted by Crippen LogP contribution is 2.31. The summed E-state index contributed by atoms with van der Waals surface area (Å²) in [6.07, 6.45) is 1.36. The predicted octanol–water partition coefficient (Wildman–Crippen LogP) is -0.177. The summed E-state index contributed by atoms with van der Waals surface area (Å²) in [5.41, 5.74) is 6.63. The second-order valence-electron chi connectivity index (χ2n) is 4.35. The summed E-state index contributed by atoms with van der Waals surface area (Å²) in [4.78, 5) is 22.3. The number of aliphatic hydroxyl groups is 1. The number of rotatable bonds is 3. The van der Waals surface area contributed by atoms with Crippen molar-refractivity contribution in [3.05, 3.63) is 17.6 Å². The Balaban J connectivity index is 1.96. The number of hydrogen-bond acceptors (Lipinski definition) is 8. The minimum atomic E-state index is -0.750. The Hall–Kier alpha value is -2.13. The van der Waals surface area contributed by atoms with Crippen LogP contribution in [-0.2, 0) is 4.74 Å². The second-order valence-corrected chi connectivity index (χ2v) is 4.35. The zero-order valence-electron chi connectivity index (χ0n) is 9.88. The van der Waals surface area contributed by atoms with E-state index in [0.717, 1.165) is 0 Å². The molecule has 2 aromatic heterocycles. The summed E-state index contributed by atoms with van der Waals surface area (Å²) >= 11 is 0. The van der Waals surface area contributed by atoms with E-state index in [2.05, 4.69) is 20.1 Å². The molecule has 9 nitrogen and oxygen atoms in total. The number of aliphatic hydroxyl groups excluding tert-OH is 1. The monoisotopic (exact) mass is 264 g/mol. The zero-order chi connectivity index (χ0) is 13.4. The molecule has 3 atom stereocenters. The first-order chi connectivity index (χ1) is 9.20. The van der Waals surface area contributed by atoms with Gasteiger partial charge in [0.2, 0.25) is 0 Å². The molecular weight excluding hydrogens is 252 g/mol. The molecule has 1 aliphatic rings. The van der Waals surface area contributed by atoms with Gasteiger partial charge in [-0.05, 0) is 0 Å². The van der Waals surface area contributed by atoms with Crippen LogP contribution in [-0.4, -0.2) is 43.4 Å². The largest absolute Gasteiger partial charge is 0.388 e. The molecule has 0 bridgehead atoms. The fraction of sp³-hybridized carbons (Fsp3) is 0.500. The van der Waals surface area contributed by atoms with Gasteiger partial charge < -0.3 is 15.6 Å². The number of anilines is 1. The van der Waals surface area contributed by atoms with Crippen LogP contribution in [0.3, 0.4) is 0 Å². The summed E-state index contributed by atoms with van der Waals surface area (Å²) in [6, 6.07) is 0. The minimum Gasteiger partial charge on any atom is -0.388 e. The highest BCUT2D eigenvalue weighted by Gasteiger charge is 2.36. The van der Waals surface area contributed by atoms with Crippen LogP contribution in [0, 0.1) is 4.91 Å². The summed E-state index contributed by atoms with van der Waals surface area (Å²) < 4.78 is 7.17. The topological polar surface area (TPSA) is 129 Å². The smallest absolute Gasteiger partial charge is 0.167 e. The molecule has 0 saturated carbocycles. The number of imidazole rings is 1. The first-order valence-electron chi connectivity index (χ1n) is 5.76. The van der Waals surface area contributed by atoms with Crippen LogP contribution < -0.4 is 5.73 Å². The average Bonchev–Trinajstić information content (AvgIpc) is 2.94. The molecule has 19 heavy (non-hydrogen) atoms. The average molecular weight is 264 g/mol. The van der Waals surface area contributed by atoms with Crippen LogP contribution >= 0.6 is 0 Å². The van der Waals surface area contributed by atoms with Crippen molar-refractivity contribution >= 4 is 17.0 Å². The molecule has 0 aromatic carbocycles. The van der Waals surface area contributed by atoms with E-state index in [9.17, 15) is 10.0 Å². The standard InChI is InChI=1S/C10H12N6O3/c11-8-7-9(13-3-12-8)16(4-14-7)10-6(17)1-5(19-10)2-15-18/h3-6,10,17H,1-2H2,(H2,11,12,13). The molecule has 1 aliphatic heterocycles. The number of nitrogen functional groups attached to an aromatic ring is 1. The van der Waals surface area contributed by atoms with Crippen molar-refractivity contribution in [2.45, 2.75) is 24.9 Å². The summed E-state index contributed by atoms with van der Waals surface area (Å²) in [5.74, 6) is 0.266. The molecule has 0 spiro atoms. The first-order valence-corrected chi connectivity index (χ1v) is 5.76. The lowest BCUT2D eigenvalue weighted by atomic mass is 10.2. The van der Waals surface area contributed by atoms with Crippen LogP contribution in [0.1, 0.15) is 12.6 Å². The Kier molecular flexibility index (Phi) is 2.84. The fourth-order valence-corrected chi connectivity index (χ4v) is 2.24. The summed E-state index contributed by atoms with van der Waals surface area (Å²) in [5, 5.41) is 12.8. The van der Waals surface area contributed by atoms with Gasteiger partial charge in [0.15, 0.2) is 17.7 Å². The lowest BCUT2D eigenvalue weighted by Gasteiger charge is -2.16. The fourth-order valence-electron chi connectivity index (χ4n) is 2.24. The minimum absolute atomic E-state index is 0.0112. The summed E-state index contributed by atoms with van der Waals surface area (Å²) in [7, 11) is 0. The highest BCUT2D eigenvalue weighted by atomic mass is 16.5. The van der Waals surface area contributed by atoms with Gasteiger partial charge in [-0.1, -0.05) is 5.18 Å². The number of hydrogen-bond donors (Lipinski definition) is 2. The summed E-state index contributed by atoms with van der Waals surface area (Å²) in [6.45, 7) is 0.0112. The number of fused-ring (bicyclic) bond motifs is 1. The van der Waals surface area contributed by atoms with E-state index < -0.39 is 18.4 Å². The van der Waals surface area contributed by atoms with Gasteiger partial charge in [-0.25, -0.2) is 15.0 Å². The van der Waals surface area contributed by atoms with Crippen molar-refractivity contribution in [3.8, 4) is 0 Å². The predicted molar refractivity (Wildman–Crippen MR) is 64.9 cm³/mol. The normalized spacial score (nSPS) is 26.9. The van der Waals surface area contributed by atoms with Gasteiger partial charge in [-0.2, -0.15) is 4.91 Å². The van der Waals surface area contributed by atoms with Crippen LogP contribution in [0.2, 0.25) is 0 Å². The molecule has 2 aromatic rings. The molecular formula is C10H12N6O3. The van der Waals surface area contributed by atoms with E-state index in [4.69, 9.17) is 10.5 Å². The Labute approximate surface area is 107 Å². The lowest BCUT2D eigenvalue weighted by molar-refractivity contribution is -0.0321. The Morgan fingerprint density at radius 2 is 2.37 bits per heavy atom. The first kappa shape index (κ1) is 11.9. The zero-order valence-corrected chi connectivity index (χ0v) is 9.88. The van der Waals surface area contributed by atoms with Gasteiger partial charge in [0.1, 0.15) is 24.5 Å². The van der Waals surface area contributed by atoms with Gasteiger partial charge in [0, 0.05) is 6.42 Å². The third-order valence-electron chi connectivity index (χ3n) is 3.10. The van der Waals surface area contributed by atoms with Crippen molar-refractivity contribution in [2.24, 2.45) is 5.18 Å². The maximum atomic E-state index is 10.2. The Morgan fingerprint density at radius 1 is 1.53 bits per heavy atom. The molecule has 0 radical (unpaired) electrons. The molecule has 3 heterocycles. The molecule has 9 heteroatoms. The van der Waals surface area contributed by atoms with E-state index in [1.807, 2.05) is 0 Å². The van der Waals surface area contributed by atoms with E-state index in [0.29, 0.717) is 17.6 Å². The number of nitroso groups, excluding NO2 is 1. The van der Waals surface area contributed by atoms with Gasteiger partial charge in [0.25, 0.3) is 0 Å². The van der Waals surface area contributed by atoms with Crippen molar-refractivity contribution in [1.82, 2.24) is 19.5 Å². The van der Waals surface area contributed by atoms with Crippen LogP contribution in [0.4, 0.5) is 5.82 Å². The van der Waals surface area contributed by atoms with Crippen molar-refractivity contribution < 1.29 is 9.84 Å².